The van der Waals surface area contributed by atoms with E-state index >= 15 is 0 Å². The molecule has 3 nitrogen and oxygen atoms in total. The summed E-state index contributed by atoms with van der Waals surface area (Å²) in [6.07, 6.45) is 1.78. The molecule has 1 rings (SSSR count). The van der Waals surface area contributed by atoms with Gasteiger partial charge in [0.2, 0.25) is 0 Å². The Kier molecular flexibility index (Phi) is 5.23. The number of nitrogens with two attached hydrogens (primary N) is 2. The normalized spacial score (nSPS) is 7.90. The minimum atomic E-state index is 0.691. The fourth-order valence-electron chi connectivity index (χ4n) is 0.413. The van der Waals surface area contributed by atoms with Gasteiger partial charge in [-0.25, -0.2) is 0 Å². The maximum atomic E-state index is 4.82. The molecule has 5 heteroatoms. The van der Waals surface area contributed by atoms with Crippen molar-refractivity contribution in [1.82, 2.24) is 4.98 Å². The number of hydrogen-bond acceptors (Lipinski definition) is 4. The largest absolute Gasteiger partial charge is 0.352 e. The summed E-state index contributed by atoms with van der Waals surface area (Å²) in [6, 6.07) is 3.71. The van der Waals surface area contributed by atoms with Crippen LogP contribution in [0.25, 0.3) is 0 Å². The molecule has 0 atom stereocenters. The Labute approximate surface area is 69.8 Å². The lowest BCUT2D eigenvalue weighted by Gasteiger charge is -1.85. The summed E-state index contributed by atoms with van der Waals surface area (Å²) in [6.45, 7) is 0. The van der Waals surface area contributed by atoms with Crippen molar-refractivity contribution in [3.8, 4) is 0 Å². The van der Waals surface area contributed by atoms with Crippen molar-refractivity contribution in [1.29, 1.82) is 0 Å². The van der Waals surface area contributed by atoms with Crippen molar-refractivity contribution in [2.45, 2.75) is 4.90 Å². The van der Waals surface area contributed by atoms with E-state index in [1.807, 2.05) is 12.1 Å². The molecule has 1 heterocycles. The molecule has 0 aliphatic rings. The lowest BCUT2D eigenvalue weighted by molar-refractivity contribution is 1.21. The van der Waals surface area contributed by atoms with Crippen LogP contribution in [0.4, 0.5) is 0 Å². The second-order valence-electron chi connectivity index (χ2n) is 1.38. The van der Waals surface area contributed by atoms with Crippen LogP contribution in [-0.4, -0.2) is 4.98 Å². The van der Waals surface area contributed by atoms with Gasteiger partial charge in [-0.15, -0.1) is 12.6 Å². The van der Waals surface area contributed by atoms with Gasteiger partial charge in [-0.3, -0.25) is 11.7 Å². The third kappa shape index (κ3) is 2.98. The van der Waals surface area contributed by atoms with E-state index in [2.05, 4.69) is 29.3 Å². The van der Waals surface area contributed by atoms with Crippen molar-refractivity contribution in [2.24, 2.45) is 11.7 Å². The van der Waals surface area contributed by atoms with E-state index in [-0.39, 0.29) is 0 Å². The van der Waals surface area contributed by atoms with Crippen LogP contribution in [0.15, 0.2) is 23.2 Å². The van der Waals surface area contributed by atoms with Crippen LogP contribution in [0.1, 0.15) is 0 Å². The monoisotopic (exact) mass is 175 g/mol. The molecule has 0 aromatic carbocycles. The summed E-state index contributed by atoms with van der Waals surface area (Å²) < 4.78 is 0.691. The van der Waals surface area contributed by atoms with Crippen molar-refractivity contribution >= 4 is 24.8 Å². The second-order valence-corrected chi connectivity index (χ2v) is 2.27. The van der Waals surface area contributed by atoms with E-state index in [0.29, 0.717) is 4.64 Å². The molecule has 0 radical (unpaired) electrons. The number of hydrazine groups is 1. The van der Waals surface area contributed by atoms with Gasteiger partial charge in [-0.2, -0.15) is 0 Å². The highest BCUT2D eigenvalue weighted by Gasteiger charge is 1.80. The van der Waals surface area contributed by atoms with Gasteiger partial charge in [0.15, 0.2) is 0 Å². The number of thiol groups is 1. The first-order valence-corrected chi connectivity index (χ1v) is 3.36. The lowest BCUT2D eigenvalue weighted by atomic mass is 10.5. The molecule has 0 saturated heterocycles. The zero-order valence-electron chi connectivity index (χ0n) is 5.24. The minimum Gasteiger partial charge on any atom is -0.352 e. The predicted molar refractivity (Wildman–Crippen MR) is 47.3 cm³/mol. The molecule has 0 fully saturated rings. The third-order valence-corrected chi connectivity index (χ3v) is 1.66. The quantitative estimate of drug-likeness (QED) is 0.204. The number of hydrogen-bond donors (Lipinski definition) is 4. The summed E-state index contributed by atoms with van der Waals surface area (Å²) in [5.41, 5.74) is 0. The van der Waals surface area contributed by atoms with Crippen molar-refractivity contribution in [2.75, 3.05) is 0 Å². The van der Waals surface area contributed by atoms with Crippen LogP contribution in [0.3, 0.4) is 0 Å². The molecule has 1 aromatic rings. The molecule has 0 amide bonds. The van der Waals surface area contributed by atoms with E-state index in [9.17, 15) is 0 Å². The molecule has 0 aliphatic carbocycles. The van der Waals surface area contributed by atoms with Crippen LogP contribution >= 0.6 is 24.8 Å². The topological polar surface area (TPSA) is 67.8 Å². The van der Waals surface area contributed by atoms with E-state index in [0.717, 1.165) is 4.90 Å². The molecule has 0 saturated carbocycles. The summed E-state index contributed by atoms with van der Waals surface area (Å²) in [5.74, 6) is 8.00. The highest BCUT2D eigenvalue weighted by Crippen LogP contribution is 2.02. The van der Waals surface area contributed by atoms with Crippen LogP contribution < -0.4 is 11.7 Å². The van der Waals surface area contributed by atoms with Crippen molar-refractivity contribution in [3.63, 3.8) is 0 Å². The highest BCUT2D eigenvalue weighted by molar-refractivity contribution is 7.81. The van der Waals surface area contributed by atoms with Crippen molar-refractivity contribution < 1.29 is 0 Å². The van der Waals surface area contributed by atoms with Crippen LogP contribution in [0, 0.1) is 4.64 Å². The van der Waals surface area contributed by atoms with E-state index < -0.39 is 0 Å². The van der Waals surface area contributed by atoms with E-state index in [1.165, 1.54) is 0 Å². The van der Waals surface area contributed by atoms with Gasteiger partial charge in [-0.05, 0) is 12.1 Å². The fourth-order valence-corrected chi connectivity index (χ4v) is 0.699. The van der Waals surface area contributed by atoms with Gasteiger partial charge < -0.3 is 4.98 Å². The molecule has 10 heavy (non-hydrogen) atoms. The molecule has 0 unspecified atom stereocenters. The molecule has 0 bridgehead atoms. The Morgan fingerprint density at radius 3 is 2.40 bits per heavy atom. The van der Waals surface area contributed by atoms with Gasteiger partial charge in [-0.1, -0.05) is 12.2 Å². The maximum absolute atomic E-state index is 4.82. The first-order chi connectivity index (χ1) is 4.80. The van der Waals surface area contributed by atoms with Gasteiger partial charge in [0, 0.05) is 11.1 Å². The SMILES string of the molecule is NN.S=c1[nH]cccc1S. The summed E-state index contributed by atoms with van der Waals surface area (Å²) in [4.78, 5) is 3.66. The number of rotatable bonds is 0. The summed E-state index contributed by atoms with van der Waals surface area (Å²) in [7, 11) is 0. The smallest absolute Gasteiger partial charge is 0.116 e. The van der Waals surface area contributed by atoms with E-state index in [4.69, 9.17) is 12.2 Å². The average Bonchev–Trinajstić information content (AvgIpc) is 2.00. The number of H-pyrrole nitrogens is 1. The molecular weight excluding hydrogens is 166 g/mol. The summed E-state index contributed by atoms with van der Waals surface area (Å²) in [5, 5.41) is 0. The number of pyridine rings is 1. The standard InChI is InChI=1S/C5H5NS2.H4N2/c7-4-2-1-3-6-5(4)8;1-2/h1-3,7H,(H,6,8);1-2H2. The Hall–Kier alpha value is -0.360. The first-order valence-electron chi connectivity index (χ1n) is 2.51. The molecule has 0 aliphatic heterocycles. The Morgan fingerprint density at radius 1 is 1.50 bits per heavy atom. The van der Waals surface area contributed by atoms with Crippen LogP contribution in [0.2, 0.25) is 0 Å². The number of aromatic nitrogens is 1. The van der Waals surface area contributed by atoms with Gasteiger partial charge >= 0.3 is 0 Å². The fraction of sp³-hybridized carbons (Fsp3) is 0. The molecule has 0 spiro atoms. The highest BCUT2D eigenvalue weighted by atomic mass is 32.1. The van der Waals surface area contributed by atoms with Gasteiger partial charge in [0.25, 0.3) is 0 Å². The lowest BCUT2D eigenvalue weighted by Crippen LogP contribution is -2.02. The Balaban J connectivity index is 0.000000371. The van der Waals surface area contributed by atoms with Crippen LogP contribution in [0.5, 0.6) is 0 Å². The Bertz CT molecular complexity index is 232. The molecule has 56 valence electrons. The molecule has 5 N–H and O–H groups in total. The molecule has 1 aromatic heterocycles. The zero-order chi connectivity index (χ0) is 7.98. The molecular formula is C5H9N3S2. The van der Waals surface area contributed by atoms with E-state index in [1.54, 1.807) is 6.20 Å². The minimum absolute atomic E-state index is 0.691. The maximum Gasteiger partial charge on any atom is 0.116 e. The average molecular weight is 175 g/mol. The second kappa shape index (κ2) is 5.43. The Morgan fingerprint density at radius 2 is 2.10 bits per heavy atom. The third-order valence-electron chi connectivity index (χ3n) is 0.797. The van der Waals surface area contributed by atoms with Gasteiger partial charge in [0.05, 0.1) is 0 Å². The number of nitrogens with one attached hydrogen (secondary N) is 1. The summed E-state index contributed by atoms with van der Waals surface area (Å²) >= 11 is 8.88. The zero-order valence-corrected chi connectivity index (χ0v) is 6.95. The first kappa shape index (κ1) is 9.64. The number of aromatic amines is 1. The van der Waals surface area contributed by atoms with Gasteiger partial charge in [0.1, 0.15) is 4.64 Å². The van der Waals surface area contributed by atoms with Crippen LogP contribution in [-0.2, 0) is 0 Å². The van der Waals surface area contributed by atoms with Crippen molar-refractivity contribution in [3.05, 3.63) is 23.0 Å². The predicted octanol–water partition coefficient (Wildman–Crippen LogP) is 0.852.